The van der Waals surface area contributed by atoms with Gasteiger partial charge in [0.1, 0.15) is 12.8 Å². The molecule has 1 atom stereocenters. The Kier molecular flexibility index (Phi) is 14.0. The summed E-state index contributed by atoms with van der Waals surface area (Å²) in [6, 6.07) is 0. The molecule has 0 rings (SSSR count). The molecule has 0 bridgehead atoms. The molecule has 0 aromatic heterocycles. The molecule has 3 N–H and O–H groups in total. The topological polar surface area (TPSA) is 97.9 Å². The molecule has 0 saturated carbocycles. The maximum absolute atomic E-state index is 14.3. The van der Waals surface area contributed by atoms with E-state index in [9.17, 15) is 14.0 Å². The molecule has 2 amide bonds. The second-order valence-electron chi connectivity index (χ2n) is 6.94. The minimum Gasteiger partial charge on any atom is -0.378 e. The summed E-state index contributed by atoms with van der Waals surface area (Å²) in [5.74, 6) is -0.789. The highest BCUT2D eigenvalue weighted by Gasteiger charge is 2.31. The van der Waals surface area contributed by atoms with E-state index >= 15 is 0 Å². The summed E-state index contributed by atoms with van der Waals surface area (Å²) in [4.78, 5) is 23.3. The summed E-state index contributed by atoms with van der Waals surface area (Å²) in [7, 11) is 1.85. The van der Waals surface area contributed by atoms with Crippen molar-refractivity contribution in [3.8, 4) is 0 Å². The molecule has 0 spiro atoms. The third kappa shape index (κ3) is 13.5. The summed E-state index contributed by atoms with van der Waals surface area (Å²) < 4.78 is 30.2. The summed E-state index contributed by atoms with van der Waals surface area (Å²) in [6.45, 7) is 9.19. The molecule has 0 aliphatic carbocycles. The van der Waals surface area contributed by atoms with Crippen molar-refractivity contribution in [3.05, 3.63) is 0 Å². The van der Waals surface area contributed by atoms with Gasteiger partial charge in [0.15, 0.2) is 0 Å². The number of halogens is 1. The molecule has 9 heteroatoms. The van der Waals surface area contributed by atoms with Crippen molar-refractivity contribution in [1.29, 1.82) is 0 Å². The predicted octanol–water partition coefficient (Wildman–Crippen LogP) is 0.999. The van der Waals surface area contributed by atoms with Crippen molar-refractivity contribution in [2.45, 2.75) is 39.5 Å². The average Bonchev–Trinajstić information content (AvgIpc) is 2.62. The van der Waals surface area contributed by atoms with E-state index < -0.39 is 11.8 Å². The van der Waals surface area contributed by atoms with Crippen LogP contribution in [0.15, 0.2) is 0 Å². The van der Waals surface area contributed by atoms with Crippen molar-refractivity contribution in [2.24, 2.45) is 5.92 Å². The molecular weight excluding hydrogens is 357 g/mol. The maximum atomic E-state index is 14.3. The van der Waals surface area contributed by atoms with Gasteiger partial charge in [-0.2, -0.15) is 0 Å². The molecule has 0 fully saturated rings. The van der Waals surface area contributed by atoms with E-state index in [2.05, 4.69) is 16.0 Å². The molecule has 0 aliphatic heterocycles. The van der Waals surface area contributed by atoms with Gasteiger partial charge in [0.2, 0.25) is 11.8 Å². The van der Waals surface area contributed by atoms with Crippen LogP contribution in [-0.2, 0) is 23.8 Å². The first kappa shape index (κ1) is 25.7. The average molecular weight is 400 g/mol. The number of alkyl halides is 1. The van der Waals surface area contributed by atoms with E-state index in [4.69, 9.17) is 14.2 Å². The summed E-state index contributed by atoms with van der Waals surface area (Å²) in [5, 5.41) is 8.13. The van der Waals surface area contributed by atoms with E-state index in [1.54, 1.807) is 27.7 Å². The van der Waals surface area contributed by atoms with Gasteiger partial charge in [-0.1, -0.05) is 13.8 Å². The first-order valence-electron chi connectivity index (χ1n) is 9.33. The summed E-state index contributed by atoms with van der Waals surface area (Å²) >= 11 is 0. The van der Waals surface area contributed by atoms with Gasteiger partial charge < -0.3 is 30.2 Å². The molecule has 0 aliphatic rings. The quantitative estimate of drug-likeness (QED) is 0.335. The predicted molar refractivity (Wildman–Crippen MR) is 108 cm³/mol. The molecule has 0 aromatic rings. The largest absolute Gasteiger partial charge is 0.378 e. The molecule has 166 valence electrons. The Morgan fingerprint density at radius 3 is 2.19 bits per heavy atom. The standard InChI is InChI=1S/C18H36FN3O5.3H2/c1-14(2)17(24)22-12-15(19)18(3,4)27-13-16(23)21-7-9-26-11-10-25-8-6-20-5;;;/h14-15,20H,6-13H2,1-5H3,(H,21,23)(H,22,24);3*1H. The number of ether oxygens (including phenoxy) is 3. The molecule has 0 radical (unpaired) electrons. The Hall–Kier alpha value is -1.29. The zero-order valence-electron chi connectivity index (χ0n) is 17.2. The van der Waals surface area contributed by atoms with Crippen LogP contribution < -0.4 is 16.0 Å². The fourth-order valence-electron chi connectivity index (χ4n) is 1.79. The highest BCUT2D eigenvalue weighted by atomic mass is 19.1. The van der Waals surface area contributed by atoms with Crippen molar-refractivity contribution in [1.82, 2.24) is 16.0 Å². The lowest BCUT2D eigenvalue weighted by Gasteiger charge is -2.29. The minimum atomic E-state index is -1.43. The Bertz CT molecular complexity index is 436. The van der Waals surface area contributed by atoms with Crippen LogP contribution in [0.3, 0.4) is 0 Å². The number of nitrogens with one attached hydrogen (secondary N) is 3. The fourth-order valence-corrected chi connectivity index (χ4v) is 1.79. The fraction of sp³-hybridized carbons (Fsp3) is 0.889. The number of hydrogen-bond donors (Lipinski definition) is 3. The highest BCUT2D eigenvalue weighted by molar-refractivity contribution is 5.78. The second-order valence-corrected chi connectivity index (χ2v) is 6.94. The Labute approximate surface area is 166 Å². The van der Waals surface area contributed by atoms with Crippen molar-refractivity contribution >= 4 is 11.8 Å². The Morgan fingerprint density at radius 1 is 1.04 bits per heavy atom. The molecule has 0 heterocycles. The number of carbonyl (C=O) groups excluding carboxylic acids is 2. The van der Waals surface area contributed by atoms with Gasteiger partial charge in [-0.15, -0.1) is 0 Å². The van der Waals surface area contributed by atoms with Crippen molar-refractivity contribution < 1.29 is 32.5 Å². The normalized spacial score (nSPS) is 12.9. The van der Waals surface area contributed by atoms with Crippen molar-refractivity contribution in [2.75, 3.05) is 59.7 Å². The van der Waals surface area contributed by atoms with E-state index in [0.717, 1.165) is 6.54 Å². The lowest BCUT2D eigenvalue weighted by atomic mass is 10.0. The van der Waals surface area contributed by atoms with Crippen LogP contribution in [0.4, 0.5) is 4.39 Å². The van der Waals surface area contributed by atoms with E-state index in [0.29, 0.717) is 33.0 Å². The number of likely N-dealkylation sites (N-methyl/N-ethyl adjacent to an activating group) is 1. The zero-order valence-corrected chi connectivity index (χ0v) is 17.2. The van der Waals surface area contributed by atoms with E-state index in [-0.39, 0.29) is 35.2 Å². The first-order valence-corrected chi connectivity index (χ1v) is 9.33. The lowest BCUT2D eigenvalue weighted by molar-refractivity contribution is -0.137. The SMILES string of the molecule is CNCCOCCOCCNC(=O)COC(C)(C)C(F)CNC(=O)C(C)C.[HH].[HH].[HH]. The molecule has 0 aromatic carbocycles. The number of rotatable bonds is 16. The van der Waals surface area contributed by atoms with Crippen LogP contribution in [0.1, 0.15) is 32.0 Å². The van der Waals surface area contributed by atoms with E-state index in [1.807, 2.05) is 7.05 Å². The molecular formula is C18H42FN3O5. The molecule has 1 unspecified atom stereocenters. The van der Waals surface area contributed by atoms with Gasteiger partial charge in [0.05, 0.1) is 38.6 Å². The van der Waals surface area contributed by atoms with Gasteiger partial charge in [0, 0.05) is 23.3 Å². The van der Waals surface area contributed by atoms with Gasteiger partial charge in [0.25, 0.3) is 0 Å². The minimum absolute atomic E-state index is 0. The number of amides is 2. The zero-order chi connectivity index (χ0) is 20.7. The third-order valence-corrected chi connectivity index (χ3v) is 3.75. The van der Waals surface area contributed by atoms with Crippen LogP contribution >= 0.6 is 0 Å². The smallest absolute Gasteiger partial charge is 0.246 e. The lowest BCUT2D eigenvalue weighted by Crippen LogP contribution is -2.46. The number of hydrogen-bond acceptors (Lipinski definition) is 6. The van der Waals surface area contributed by atoms with E-state index in [1.165, 1.54) is 0 Å². The monoisotopic (exact) mass is 399 g/mol. The van der Waals surface area contributed by atoms with Crippen LogP contribution in [0.25, 0.3) is 0 Å². The molecule has 27 heavy (non-hydrogen) atoms. The van der Waals surface area contributed by atoms with Gasteiger partial charge >= 0.3 is 0 Å². The van der Waals surface area contributed by atoms with Gasteiger partial charge in [-0.25, -0.2) is 4.39 Å². The number of carbonyl (C=O) groups is 2. The Balaban J connectivity index is -0.00000113. The second kappa shape index (κ2) is 14.7. The summed E-state index contributed by atoms with van der Waals surface area (Å²) in [5.41, 5.74) is -1.19. The maximum Gasteiger partial charge on any atom is 0.246 e. The van der Waals surface area contributed by atoms with Gasteiger partial charge in [-0.05, 0) is 20.9 Å². The van der Waals surface area contributed by atoms with Crippen molar-refractivity contribution in [3.63, 3.8) is 0 Å². The highest BCUT2D eigenvalue weighted by Crippen LogP contribution is 2.17. The molecule has 0 saturated heterocycles. The molecule has 8 nitrogen and oxygen atoms in total. The Morgan fingerprint density at radius 2 is 1.63 bits per heavy atom. The summed E-state index contributed by atoms with van der Waals surface area (Å²) in [6.07, 6.45) is -1.43. The first-order chi connectivity index (χ1) is 12.7. The van der Waals surface area contributed by atoms with Crippen LogP contribution in [-0.4, -0.2) is 83.3 Å². The van der Waals surface area contributed by atoms with Crippen LogP contribution in [0, 0.1) is 5.92 Å². The third-order valence-electron chi connectivity index (χ3n) is 3.75. The van der Waals surface area contributed by atoms with Crippen LogP contribution in [0.2, 0.25) is 0 Å². The van der Waals surface area contributed by atoms with Gasteiger partial charge in [-0.3, -0.25) is 9.59 Å². The van der Waals surface area contributed by atoms with Crippen LogP contribution in [0.5, 0.6) is 0 Å².